The molecule has 1 fully saturated rings. The number of hydrogen-bond donors (Lipinski definition) is 0. The number of carbonyl (C=O) groups excluding carboxylic acids is 1. The number of anilines is 1. The van der Waals surface area contributed by atoms with Gasteiger partial charge in [0.15, 0.2) is 11.5 Å². The zero-order valence-corrected chi connectivity index (χ0v) is 17.7. The summed E-state index contributed by atoms with van der Waals surface area (Å²) in [4.78, 5) is 17.1. The van der Waals surface area contributed by atoms with E-state index in [2.05, 4.69) is 0 Å². The lowest BCUT2D eigenvalue weighted by molar-refractivity contribution is 0.0759. The summed E-state index contributed by atoms with van der Waals surface area (Å²) in [7, 11) is 8.77. The number of ether oxygens (including phenoxy) is 3. The lowest BCUT2D eigenvalue weighted by Crippen LogP contribution is -2.30. The van der Waals surface area contributed by atoms with E-state index in [0.29, 0.717) is 29.4 Å². The van der Waals surface area contributed by atoms with Gasteiger partial charge in [-0.05, 0) is 30.3 Å². The maximum absolute atomic E-state index is 13.2. The molecule has 6 nitrogen and oxygen atoms in total. The van der Waals surface area contributed by atoms with Crippen LogP contribution in [0.25, 0.3) is 0 Å². The van der Waals surface area contributed by atoms with Crippen molar-refractivity contribution in [3.05, 3.63) is 47.5 Å². The Morgan fingerprint density at radius 2 is 1.61 bits per heavy atom. The van der Waals surface area contributed by atoms with E-state index < -0.39 is 0 Å². The van der Waals surface area contributed by atoms with E-state index in [1.165, 1.54) is 0 Å². The zero-order chi connectivity index (χ0) is 20.3. The van der Waals surface area contributed by atoms with Crippen molar-refractivity contribution < 1.29 is 19.0 Å². The highest BCUT2D eigenvalue weighted by Gasteiger charge is 2.34. The van der Waals surface area contributed by atoms with Gasteiger partial charge in [-0.15, -0.1) is 11.8 Å². The lowest BCUT2D eigenvalue weighted by atomic mass is 10.1. The average Bonchev–Trinajstić information content (AvgIpc) is 3.21. The Hall–Kier alpha value is -2.54. The number of benzene rings is 2. The van der Waals surface area contributed by atoms with Gasteiger partial charge in [-0.2, -0.15) is 0 Å². The summed E-state index contributed by atoms with van der Waals surface area (Å²) in [6.45, 7) is 0.682. The molecule has 0 N–H and O–H groups in total. The highest BCUT2D eigenvalue weighted by atomic mass is 32.2. The first-order chi connectivity index (χ1) is 13.5. The summed E-state index contributed by atoms with van der Waals surface area (Å²) in [5, 5.41) is -0.143. The third kappa shape index (κ3) is 3.85. The summed E-state index contributed by atoms with van der Waals surface area (Å²) in [6.07, 6.45) is 0. The van der Waals surface area contributed by atoms with Crippen molar-refractivity contribution in [1.29, 1.82) is 0 Å². The topological polar surface area (TPSA) is 51.2 Å². The predicted octanol–water partition coefficient (Wildman–Crippen LogP) is 3.67. The van der Waals surface area contributed by atoms with Crippen LogP contribution in [-0.4, -0.2) is 58.5 Å². The van der Waals surface area contributed by atoms with Crippen LogP contribution < -0.4 is 19.1 Å². The minimum absolute atomic E-state index is 0.0112. The third-order valence-corrected chi connectivity index (χ3v) is 6.03. The van der Waals surface area contributed by atoms with Crippen molar-refractivity contribution >= 4 is 23.4 Å². The summed E-state index contributed by atoms with van der Waals surface area (Å²) < 4.78 is 16.4. The number of rotatable bonds is 6. The van der Waals surface area contributed by atoms with Crippen molar-refractivity contribution in [3.63, 3.8) is 0 Å². The average molecular weight is 403 g/mol. The molecule has 1 unspecified atom stereocenters. The van der Waals surface area contributed by atoms with Crippen LogP contribution >= 0.6 is 11.8 Å². The van der Waals surface area contributed by atoms with Gasteiger partial charge in [0.05, 0.1) is 21.3 Å². The minimum Gasteiger partial charge on any atom is -0.496 e. The fourth-order valence-electron chi connectivity index (χ4n) is 3.25. The fourth-order valence-corrected chi connectivity index (χ4v) is 4.52. The Bertz CT molecular complexity index is 839. The second kappa shape index (κ2) is 8.65. The van der Waals surface area contributed by atoms with Crippen molar-refractivity contribution in [1.82, 2.24) is 4.90 Å². The van der Waals surface area contributed by atoms with E-state index in [-0.39, 0.29) is 11.3 Å². The molecule has 150 valence electrons. The van der Waals surface area contributed by atoms with E-state index in [1.54, 1.807) is 33.1 Å². The highest BCUT2D eigenvalue weighted by Crippen LogP contribution is 2.46. The van der Waals surface area contributed by atoms with Gasteiger partial charge in [0.25, 0.3) is 5.91 Å². The van der Waals surface area contributed by atoms with Gasteiger partial charge >= 0.3 is 0 Å². The molecule has 0 aromatic heterocycles. The fraction of sp³-hybridized carbons (Fsp3) is 0.381. The number of thioether (sulfide) groups is 1. The summed E-state index contributed by atoms with van der Waals surface area (Å²) in [5.41, 5.74) is 2.64. The van der Waals surface area contributed by atoms with Crippen molar-refractivity contribution in [3.8, 4) is 17.2 Å². The number of amides is 1. The molecule has 2 aromatic rings. The third-order valence-electron chi connectivity index (χ3n) is 4.78. The first-order valence-corrected chi connectivity index (χ1v) is 10.0. The molecule has 0 saturated carbocycles. The predicted molar refractivity (Wildman–Crippen MR) is 113 cm³/mol. The molecule has 0 spiro atoms. The smallest absolute Gasteiger partial charge is 0.255 e. The molecule has 28 heavy (non-hydrogen) atoms. The first kappa shape index (κ1) is 20.2. The van der Waals surface area contributed by atoms with Gasteiger partial charge in [-0.3, -0.25) is 4.79 Å². The summed E-state index contributed by atoms with van der Waals surface area (Å²) >= 11 is 1.72. The Morgan fingerprint density at radius 3 is 2.18 bits per heavy atom. The molecular weight excluding hydrogens is 376 g/mol. The molecule has 0 aliphatic carbocycles. The van der Waals surface area contributed by atoms with Gasteiger partial charge in [0.2, 0.25) is 0 Å². The first-order valence-electron chi connectivity index (χ1n) is 9.00. The van der Waals surface area contributed by atoms with Crippen molar-refractivity contribution in [2.24, 2.45) is 0 Å². The zero-order valence-electron chi connectivity index (χ0n) is 16.9. The maximum atomic E-state index is 13.2. The Morgan fingerprint density at radius 1 is 1.00 bits per heavy atom. The van der Waals surface area contributed by atoms with Crippen LogP contribution in [0.15, 0.2) is 36.4 Å². The minimum atomic E-state index is -0.143. The van der Waals surface area contributed by atoms with Gasteiger partial charge in [0, 0.05) is 49.3 Å². The molecule has 1 aliphatic heterocycles. The van der Waals surface area contributed by atoms with Crippen LogP contribution in [0.2, 0.25) is 0 Å². The van der Waals surface area contributed by atoms with E-state index in [0.717, 1.165) is 17.0 Å². The Labute approximate surface area is 170 Å². The molecule has 0 bridgehead atoms. The van der Waals surface area contributed by atoms with Crippen LogP contribution in [0.3, 0.4) is 0 Å². The number of nitrogens with zero attached hydrogens (tertiary/aromatic N) is 2. The van der Waals surface area contributed by atoms with Crippen LogP contribution in [-0.2, 0) is 0 Å². The van der Waals surface area contributed by atoms with Gasteiger partial charge in [-0.25, -0.2) is 0 Å². The second-order valence-corrected chi connectivity index (χ2v) is 7.80. The molecule has 1 saturated heterocycles. The molecule has 1 amide bonds. The lowest BCUT2D eigenvalue weighted by Gasteiger charge is -2.26. The van der Waals surface area contributed by atoms with Crippen LogP contribution in [0, 0.1) is 0 Å². The second-order valence-electron chi connectivity index (χ2n) is 6.61. The van der Waals surface area contributed by atoms with Crippen LogP contribution in [0.1, 0.15) is 21.3 Å². The Balaban J connectivity index is 1.93. The number of hydrogen-bond acceptors (Lipinski definition) is 6. The van der Waals surface area contributed by atoms with Crippen LogP contribution in [0.5, 0.6) is 17.2 Å². The van der Waals surface area contributed by atoms with Gasteiger partial charge in [0.1, 0.15) is 11.1 Å². The molecule has 2 aromatic carbocycles. The van der Waals surface area contributed by atoms with E-state index in [1.807, 2.05) is 60.3 Å². The summed E-state index contributed by atoms with van der Waals surface area (Å²) in [6, 6.07) is 11.4. The normalized spacial score (nSPS) is 16.0. The number of methoxy groups -OCH3 is 3. The largest absolute Gasteiger partial charge is 0.496 e. The van der Waals surface area contributed by atoms with E-state index >= 15 is 0 Å². The SMILES string of the molecule is COc1cc(OC)c(C2SCCN2C(=O)c2ccc(N(C)C)cc2)cc1OC. The molecule has 1 heterocycles. The standard InChI is InChI=1S/C21H26N2O4S/c1-22(2)15-8-6-14(7-9-15)20(24)23-10-11-28-21(23)16-12-18(26-4)19(27-5)13-17(16)25-3/h6-9,12-13,21H,10-11H2,1-5H3. The monoisotopic (exact) mass is 402 g/mol. The Kier molecular flexibility index (Phi) is 6.24. The molecule has 3 rings (SSSR count). The molecule has 1 atom stereocenters. The van der Waals surface area contributed by atoms with Crippen LogP contribution in [0.4, 0.5) is 5.69 Å². The highest BCUT2D eigenvalue weighted by molar-refractivity contribution is 7.99. The molecule has 0 radical (unpaired) electrons. The van der Waals surface area contributed by atoms with Gasteiger partial charge in [-0.1, -0.05) is 0 Å². The maximum Gasteiger partial charge on any atom is 0.255 e. The summed E-state index contributed by atoms with van der Waals surface area (Å²) in [5.74, 6) is 2.77. The van der Waals surface area contributed by atoms with E-state index in [4.69, 9.17) is 14.2 Å². The number of carbonyl (C=O) groups is 1. The molecular formula is C21H26N2O4S. The van der Waals surface area contributed by atoms with Crippen molar-refractivity contribution in [2.45, 2.75) is 5.37 Å². The van der Waals surface area contributed by atoms with Gasteiger partial charge < -0.3 is 24.0 Å². The molecule has 1 aliphatic rings. The molecule has 7 heteroatoms. The van der Waals surface area contributed by atoms with Crippen molar-refractivity contribution in [2.75, 3.05) is 52.6 Å². The quantitative estimate of drug-likeness (QED) is 0.735. The van der Waals surface area contributed by atoms with E-state index in [9.17, 15) is 4.79 Å².